The van der Waals surface area contributed by atoms with Crippen LogP contribution in [0, 0.1) is 17.6 Å². The summed E-state index contributed by atoms with van der Waals surface area (Å²) in [5.74, 6) is -1.71. The molecule has 4 heteroatoms. The molecule has 3 rings (SSSR count). The Kier molecular flexibility index (Phi) is 3.99. The molecule has 0 fully saturated rings. The van der Waals surface area contributed by atoms with Crippen molar-refractivity contribution in [1.29, 1.82) is 0 Å². The topological polar surface area (TPSA) is 20.3 Å². The third-order valence-corrected chi connectivity index (χ3v) is 4.24. The molecule has 0 bridgehead atoms. The zero-order valence-electron chi connectivity index (χ0n) is 13.0. The number of carbonyl (C=O) groups excluding carboxylic acids is 1. The van der Waals surface area contributed by atoms with Gasteiger partial charge in [-0.05, 0) is 25.1 Å². The van der Waals surface area contributed by atoms with E-state index in [4.69, 9.17) is 0 Å². The highest BCUT2D eigenvalue weighted by Crippen LogP contribution is 2.39. The Bertz CT molecular complexity index is 770. The number of allylic oxidation sites excluding steroid dienone is 1. The largest absolute Gasteiger partial charge is 0.339 e. The Morgan fingerprint density at radius 2 is 1.74 bits per heavy atom. The van der Waals surface area contributed by atoms with Gasteiger partial charge in [-0.3, -0.25) is 4.79 Å². The average molecular weight is 313 g/mol. The summed E-state index contributed by atoms with van der Waals surface area (Å²) in [6.07, 6.45) is 1.74. The molecule has 0 saturated carbocycles. The minimum Gasteiger partial charge on any atom is -0.339 e. The monoisotopic (exact) mass is 313 g/mol. The Morgan fingerprint density at radius 3 is 2.39 bits per heavy atom. The molecule has 0 aromatic heterocycles. The molecule has 1 aliphatic rings. The highest BCUT2D eigenvalue weighted by Gasteiger charge is 2.36. The lowest BCUT2D eigenvalue weighted by molar-refractivity contribution is -0.119. The van der Waals surface area contributed by atoms with Crippen LogP contribution in [0.1, 0.15) is 25.5 Å². The molecule has 0 spiro atoms. The summed E-state index contributed by atoms with van der Waals surface area (Å²) in [6.45, 7) is 3.54. The number of halogens is 2. The summed E-state index contributed by atoms with van der Waals surface area (Å²) in [6, 6.07) is 12.5. The van der Waals surface area contributed by atoms with Gasteiger partial charge in [0.2, 0.25) is 0 Å². The fourth-order valence-electron chi connectivity index (χ4n) is 3.09. The summed E-state index contributed by atoms with van der Waals surface area (Å²) in [5.41, 5.74) is 1.81. The van der Waals surface area contributed by atoms with E-state index in [1.54, 1.807) is 20.0 Å². The SMILES string of the molecule is CC1=CN(c2ccccc2)C(c2ccc(F)cc2F)C(C)C1=O. The van der Waals surface area contributed by atoms with Crippen LogP contribution < -0.4 is 4.90 Å². The van der Waals surface area contributed by atoms with E-state index >= 15 is 0 Å². The molecule has 0 aliphatic carbocycles. The van der Waals surface area contributed by atoms with E-state index < -0.39 is 23.6 Å². The van der Waals surface area contributed by atoms with Gasteiger partial charge in [-0.2, -0.15) is 0 Å². The molecule has 0 saturated heterocycles. The smallest absolute Gasteiger partial charge is 0.165 e. The number of hydrogen-bond donors (Lipinski definition) is 0. The van der Waals surface area contributed by atoms with Crippen LogP contribution in [0.15, 0.2) is 60.3 Å². The van der Waals surface area contributed by atoms with Crippen molar-refractivity contribution in [2.24, 2.45) is 5.92 Å². The molecule has 0 N–H and O–H groups in total. The maximum absolute atomic E-state index is 14.3. The Morgan fingerprint density at radius 1 is 1.04 bits per heavy atom. The minimum absolute atomic E-state index is 0.0223. The number of carbonyl (C=O) groups is 1. The first-order valence-electron chi connectivity index (χ1n) is 7.50. The minimum atomic E-state index is -0.636. The average Bonchev–Trinajstić information content (AvgIpc) is 2.54. The Hall–Kier alpha value is -2.49. The summed E-state index contributed by atoms with van der Waals surface area (Å²) in [5, 5.41) is 0. The van der Waals surface area contributed by atoms with Crippen LogP contribution in [-0.2, 0) is 4.79 Å². The predicted octanol–water partition coefficient (Wildman–Crippen LogP) is 4.64. The van der Waals surface area contributed by atoms with Crippen molar-refractivity contribution < 1.29 is 13.6 Å². The quantitative estimate of drug-likeness (QED) is 0.805. The van der Waals surface area contributed by atoms with Crippen LogP contribution >= 0.6 is 0 Å². The molecular formula is C19H17F2NO. The van der Waals surface area contributed by atoms with E-state index in [2.05, 4.69) is 0 Å². The van der Waals surface area contributed by atoms with Gasteiger partial charge in [-0.15, -0.1) is 0 Å². The molecule has 118 valence electrons. The lowest BCUT2D eigenvalue weighted by Gasteiger charge is -2.38. The molecule has 2 atom stereocenters. The van der Waals surface area contributed by atoms with Crippen LogP contribution in [0.4, 0.5) is 14.5 Å². The Balaban J connectivity index is 2.15. The Labute approximate surface area is 134 Å². The van der Waals surface area contributed by atoms with E-state index in [-0.39, 0.29) is 5.78 Å². The number of nitrogens with zero attached hydrogens (tertiary/aromatic N) is 1. The molecular weight excluding hydrogens is 296 g/mol. The fourth-order valence-corrected chi connectivity index (χ4v) is 3.09. The van der Waals surface area contributed by atoms with Crippen LogP contribution in [0.25, 0.3) is 0 Å². The summed E-state index contributed by atoms with van der Waals surface area (Å²) < 4.78 is 27.6. The van der Waals surface area contributed by atoms with Crippen LogP contribution in [0.3, 0.4) is 0 Å². The van der Waals surface area contributed by atoms with Crippen molar-refractivity contribution in [2.75, 3.05) is 4.90 Å². The zero-order valence-corrected chi connectivity index (χ0v) is 13.0. The standard InChI is InChI=1S/C19H17F2NO/c1-12-11-22(15-6-4-3-5-7-15)18(13(2)19(12)23)16-9-8-14(20)10-17(16)21/h3-11,13,18H,1-2H3. The van der Waals surface area contributed by atoms with Gasteiger partial charge in [-0.25, -0.2) is 8.78 Å². The van der Waals surface area contributed by atoms with Crippen LogP contribution in [0.2, 0.25) is 0 Å². The van der Waals surface area contributed by atoms with E-state index in [1.807, 2.05) is 35.2 Å². The molecule has 2 unspecified atom stereocenters. The van der Waals surface area contributed by atoms with E-state index in [9.17, 15) is 13.6 Å². The van der Waals surface area contributed by atoms with Gasteiger partial charge in [0.15, 0.2) is 5.78 Å². The molecule has 1 heterocycles. The predicted molar refractivity (Wildman–Crippen MR) is 85.9 cm³/mol. The highest BCUT2D eigenvalue weighted by atomic mass is 19.1. The molecule has 0 amide bonds. The first kappa shape index (κ1) is 15.4. The van der Waals surface area contributed by atoms with Crippen molar-refractivity contribution in [3.05, 3.63) is 77.5 Å². The number of para-hydroxylation sites is 1. The molecule has 2 aromatic rings. The van der Waals surface area contributed by atoms with Gasteiger partial charge in [0.1, 0.15) is 11.6 Å². The van der Waals surface area contributed by atoms with Crippen molar-refractivity contribution in [3.8, 4) is 0 Å². The third-order valence-electron chi connectivity index (χ3n) is 4.24. The maximum atomic E-state index is 14.3. The number of Topliss-reactive ketones (excluding diaryl/α,β-unsaturated/α-hetero) is 1. The maximum Gasteiger partial charge on any atom is 0.165 e. The number of benzene rings is 2. The lowest BCUT2D eigenvalue weighted by atomic mass is 9.84. The van der Waals surface area contributed by atoms with Gasteiger partial charge in [-0.1, -0.05) is 31.2 Å². The van der Waals surface area contributed by atoms with Gasteiger partial charge in [0, 0.05) is 35.0 Å². The van der Waals surface area contributed by atoms with E-state index in [0.717, 1.165) is 11.8 Å². The third kappa shape index (κ3) is 2.77. The van der Waals surface area contributed by atoms with Crippen molar-refractivity contribution in [1.82, 2.24) is 0 Å². The molecule has 1 aliphatic heterocycles. The number of rotatable bonds is 2. The van der Waals surface area contributed by atoms with Gasteiger partial charge < -0.3 is 4.90 Å². The van der Waals surface area contributed by atoms with E-state index in [1.165, 1.54) is 12.1 Å². The molecule has 23 heavy (non-hydrogen) atoms. The number of anilines is 1. The first-order valence-corrected chi connectivity index (χ1v) is 7.50. The van der Waals surface area contributed by atoms with Gasteiger partial charge in [0.25, 0.3) is 0 Å². The zero-order chi connectivity index (χ0) is 16.6. The number of hydrogen-bond acceptors (Lipinski definition) is 2. The lowest BCUT2D eigenvalue weighted by Crippen LogP contribution is -2.38. The number of ketones is 1. The second-order valence-electron chi connectivity index (χ2n) is 5.82. The fraction of sp³-hybridized carbons (Fsp3) is 0.211. The molecule has 0 radical (unpaired) electrons. The van der Waals surface area contributed by atoms with Crippen molar-refractivity contribution >= 4 is 11.5 Å². The highest BCUT2D eigenvalue weighted by molar-refractivity contribution is 5.99. The second kappa shape index (κ2) is 5.95. The van der Waals surface area contributed by atoms with Gasteiger partial charge >= 0.3 is 0 Å². The summed E-state index contributed by atoms with van der Waals surface area (Å²) in [4.78, 5) is 14.3. The first-order chi connectivity index (χ1) is 11.0. The second-order valence-corrected chi connectivity index (χ2v) is 5.82. The summed E-state index contributed by atoms with van der Waals surface area (Å²) >= 11 is 0. The van der Waals surface area contributed by atoms with Crippen molar-refractivity contribution in [3.63, 3.8) is 0 Å². The van der Waals surface area contributed by atoms with Crippen molar-refractivity contribution in [2.45, 2.75) is 19.9 Å². The van der Waals surface area contributed by atoms with Gasteiger partial charge in [0.05, 0.1) is 6.04 Å². The van der Waals surface area contributed by atoms with E-state index in [0.29, 0.717) is 11.1 Å². The normalized spacial score (nSPS) is 21.3. The van der Waals surface area contributed by atoms with Crippen LogP contribution in [-0.4, -0.2) is 5.78 Å². The summed E-state index contributed by atoms with van der Waals surface area (Å²) in [7, 11) is 0. The van der Waals surface area contributed by atoms with Crippen LogP contribution in [0.5, 0.6) is 0 Å². The molecule has 2 aromatic carbocycles. The molecule has 2 nitrogen and oxygen atoms in total.